The molecule has 2 atom stereocenters. The lowest BCUT2D eigenvalue weighted by molar-refractivity contribution is -0.143. The molecule has 0 fully saturated rings. The lowest BCUT2D eigenvalue weighted by Gasteiger charge is -2.43. The second-order valence-electron chi connectivity index (χ2n) is 9.59. The van der Waals surface area contributed by atoms with E-state index in [9.17, 15) is 14.7 Å². The Labute approximate surface area is 181 Å². The van der Waals surface area contributed by atoms with Crippen molar-refractivity contribution < 1.29 is 23.9 Å². The number of carbonyl (C=O) groups is 2. The Morgan fingerprint density at radius 3 is 2.50 bits per heavy atom. The Bertz CT molecular complexity index is 771. The van der Waals surface area contributed by atoms with Crippen LogP contribution in [0.25, 0.3) is 0 Å². The van der Waals surface area contributed by atoms with Crippen LogP contribution in [-0.4, -0.2) is 49.6 Å². The number of carbonyl (C=O) groups excluding carboxylic acids is 1. The number of ether oxygens (including phenoxy) is 1. The molecule has 1 aromatic rings. The van der Waals surface area contributed by atoms with E-state index in [1.54, 1.807) is 6.92 Å². The van der Waals surface area contributed by atoms with Crippen LogP contribution in [0, 0.1) is 0 Å². The van der Waals surface area contributed by atoms with Crippen molar-refractivity contribution in [2.75, 3.05) is 13.2 Å². The van der Waals surface area contributed by atoms with E-state index >= 15 is 0 Å². The predicted molar refractivity (Wildman–Crippen MR) is 120 cm³/mol. The molecule has 0 spiro atoms. The van der Waals surface area contributed by atoms with Crippen LogP contribution in [-0.2, 0) is 26.8 Å². The summed E-state index contributed by atoms with van der Waals surface area (Å²) < 4.78 is 11.5. The minimum absolute atomic E-state index is 0.0596. The van der Waals surface area contributed by atoms with Gasteiger partial charge in [0.2, 0.25) is 0 Å². The summed E-state index contributed by atoms with van der Waals surface area (Å²) in [7, 11) is -2.00. The van der Waals surface area contributed by atoms with Crippen molar-refractivity contribution >= 4 is 20.4 Å². The number of nitrogens with zero attached hydrogens (tertiary/aromatic N) is 1. The molecule has 0 unspecified atom stereocenters. The number of hydrogen-bond acceptors (Lipinski definition) is 4. The van der Waals surface area contributed by atoms with Crippen LogP contribution in [0.2, 0.25) is 18.1 Å². The first-order valence-electron chi connectivity index (χ1n) is 10.8. The van der Waals surface area contributed by atoms with E-state index in [1.165, 1.54) is 4.90 Å². The van der Waals surface area contributed by atoms with Crippen LogP contribution in [0.3, 0.4) is 0 Å². The van der Waals surface area contributed by atoms with Crippen LogP contribution < -0.4 is 0 Å². The van der Waals surface area contributed by atoms with Crippen LogP contribution >= 0.6 is 0 Å². The Morgan fingerprint density at radius 2 is 1.93 bits per heavy atom. The Morgan fingerprint density at radius 1 is 1.27 bits per heavy atom. The normalized spacial score (nSPS) is 19.4. The molecule has 1 heterocycles. The third kappa shape index (κ3) is 5.43. The number of amides is 1. The van der Waals surface area contributed by atoms with Crippen molar-refractivity contribution in [3.05, 3.63) is 34.9 Å². The van der Waals surface area contributed by atoms with Crippen LogP contribution in [0.5, 0.6) is 0 Å². The maximum Gasteiger partial charge on any atom is 0.408 e. The van der Waals surface area contributed by atoms with Crippen LogP contribution in [0.15, 0.2) is 18.2 Å². The lowest BCUT2D eigenvalue weighted by Crippen LogP contribution is -2.51. The fourth-order valence-corrected chi connectivity index (χ4v) is 4.82. The number of aryl methyl sites for hydroxylation is 1. The standard InChI is InChI=1S/C23H37NO5Si/c1-8-28-21(25)13-12-17-10-9-11-19-16(2)24(22(26)27)18(14-20(17)19)15-29-30(6,7)23(3,4)5/h9-11,16,18H,8,12-15H2,1-7H3,(H,26,27)/t16-,18+/m0/s1. The van der Waals surface area contributed by atoms with Crippen molar-refractivity contribution in [2.45, 2.75) is 84.1 Å². The molecule has 0 bridgehead atoms. The summed E-state index contributed by atoms with van der Waals surface area (Å²) in [6.07, 6.45) is 0.595. The summed E-state index contributed by atoms with van der Waals surface area (Å²) in [5.74, 6) is -0.205. The van der Waals surface area contributed by atoms with Crippen molar-refractivity contribution in [3.63, 3.8) is 0 Å². The van der Waals surface area contributed by atoms with Crippen LogP contribution in [0.1, 0.15) is 63.8 Å². The Hall–Kier alpha value is -1.86. The molecule has 0 radical (unpaired) electrons. The van der Waals surface area contributed by atoms with Gasteiger partial charge in [-0.1, -0.05) is 39.0 Å². The molecule has 1 aliphatic rings. The maximum absolute atomic E-state index is 12.1. The molecule has 1 aromatic carbocycles. The highest BCUT2D eigenvalue weighted by Crippen LogP contribution is 2.39. The lowest BCUT2D eigenvalue weighted by atomic mass is 9.85. The van der Waals surface area contributed by atoms with Crippen molar-refractivity contribution in [2.24, 2.45) is 0 Å². The zero-order valence-electron chi connectivity index (χ0n) is 19.4. The van der Waals surface area contributed by atoms with Crippen molar-refractivity contribution in [1.29, 1.82) is 0 Å². The Kier molecular flexibility index (Phi) is 7.74. The van der Waals surface area contributed by atoms with Gasteiger partial charge in [-0.05, 0) is 61.5 Å². The average Bonchev–Trinajstić information content (AvgIpc) is 2.64. The minimum atomic E-state index is -2.00. The molecular weight excluding hydrogens is 398 g/mol. The largest absolute Gasteiger partial charge is 0.466 e. The SMILES string of the molecule is CCOC(=O)CCc1cccc2c1C[C@H](CO[Si](C)(C)C(C)(C)C)N(C(=O)O)[C@H]2C. The number of benzene rings is 1. The summed E-state index contributed by atoms with van der Waals surface area (Å²) in [6.45, 7) is 15.4. The topological polar surface area (TPSA) is 76.1 Å². The van der Waals surface area contributed by atoms with Crippen molar-refractivity contribution in [3.8, 4) is 0 Å². The summed E-state index contributed by atoms with van der Waals surface area (Å²) in [4.78, 5) is 25.5. The molecule has 0 aromatic heterocycles. The Balaban J connectivity index is 2.29. The van der Waals surface area contributed by atoms with Gasteiger partial charge in [0.25, 0.3) is 0 Å². The van der Waals surface area contributed by atoms with Gasteiger partial charge in [0, 0.05) is 6.42 Å². The quantitative estimate of drug-likeness (QED) is 0.472. The second kappa shape index (κ2) is 9.52. The molecule has 0 saturated carbocycles. The molecule has 168 valence electrons. The minimum Gasteiger partial charge on any atom is -0.466 e. The number of esters is 1. The summed E-state index contributed by atoms with van der Waals surface area (Å²) in [5, 5.41) is 9.98. The molecule has 1 aliphatic heterocycles. The van der Waals surface area contributed by atoms with E-state index in [-0.39, 0.29) is 23.1 Å². The third-order valence-corrected chi connectivity index (χ3v) is 11.1. The van der Waals surface area contributed by atoms with Gasteiger partial charge in [-0.15, -0.1) is 0 Å². The van der Waals surface area contributed by atoms with Gasteiger partial charge in [-0.2, -0.15) is 0 Å². The fraction of sp³-hybridized carbons (Fsp3) is 0.652. The summed E-state index contributed by atoms with van der Waals surface area (Å²) >= 11 is 0. The van der Waals surface area contributed by atoms with Gasteiger partial charge in [0.05, 0.1) is 25.3 Å². The predicted octanol–water partition coefficient (Wildman–Crippen LogP) is 5.17. The van der Waals surface area contributed by atoms with Crippen molar-refractivity contribution in [1.82, 2.24) is 4.90 Å². The molecular formula is C23H37NO5Si. The van der Waals surface area contributed by atoms with Gasteiger partial charge in [-0.25, -0.2) is 4.79 Å². The fourth-order valence-electron chi connectivity index (χ4n) is 3.78. The average molecular weight is 436 g/mol. The smallest absolute Gasteiger partial charge is 0.408 e. The highest BCUT2D eigenvalue weighted by molar-refractivity contribution is 6.74. The highest BCUT2D eigenvalue weighted by Gasteiger charge is 2.41. The van der Waals surface area contributed by atoms with E-state index < -0.39 is 14.4 Å². The van der Waals surface area contributed by atoms with E-state index in [4.69, 9.17) is 9.16 Å². The molecule has 0 saturated heterocycles. The molecule has 30 heavy (non-hydrogen) atoms. The number of rotatable bonds is 7. The third-order valence-electron chi connectivity index (χ3n) is 6.58. The molecule has 1 amide bonds. The number of carboxylic acid groups (broad SMARTS) is 1. The van der Waals surface area contributed by atoms with E-state index in [2.05, 4.69) is 33.9 Å². The van der Waals surface area contributed by atoms with Gasteiger partial charge in [-0.3, -0.25) is 9.69 Å². The van der Waals surface area contributed by atoms with Crippen LogP contribution in [0.4, 0.5) is 4.79 Å². The zero-order valence-corrected chi connectivity index (χ0v) is 20.4. The first kappa shape index (κ1) is 24.4. The van der Waals surface area contributed by atoms with Gasteiger partial charge < -0.3 is 14.3 Å². The molecule has 2 rings (SSSR count). The van der Waals surface area contributed by atoms with Gasteiger partial charge in [0.1, 0.15) is 0 Å². The summed E-state index contributed by atoms with van der Waals surface area (Å²) in [5.41, 5.74) is 3.26. The van der Waals surface area contributed by atoms with E-state index in [0.29, 0.717) is 32.5 Å². The molecule has 1 N–H and O–H groups in total. The maximum atomic E-state index is 12.1. The number of fused-ring (bicyclic) bond motifs is 1. The monoisotopic (exact) mass is 435 g/mol. The summed E-state index contributed by atoms with van der Waals surface area (Å²) in [6, 6.07) is 5.47. The number of hydrogen-bond donors (Lipinski definition) is 1. The first-order valence-corrected chi connectivity index (χ1v) is 13.7. The first-order chi connectivity index (χ1) is 13.9. The van der Waals surface area contributed by atoms with E-state index in [1.807, 2.05) is 25.1 Å². The van der Waals surface area contributed by atoms with Gasteiger partial charge >= 0.3 is 12.1 Å². The molecule has 7 heteroatoms. The highest BCUT2D eigenvalue weighted by atomic mass is 28.4. The van der Waals surface area contributed by atoms with Gasteiger partial charge in [0.15, 0.2) is 8.32 Å². The molecule has 0 aliphatic carbocycles. The zero-order chi connectivity index (χ0) is 22.7. The molecule has 6 nitrogen and oxygen atoms in total. The second-order valence-corrected chi connectivity index (χ2v) is 14.4. The van der Waals surface area contributed by atoms with E-state index in [0.717, 1.165) is 16.7 Å².